The van der Waals surface area contributed by atoms with Crippen LogP contribution in [0.5, 0.6) is 0 Å². The van der Waals surface area contributed by atoms with Crippen molar-refractivity contribution < 1.29 is 0 Å². The Kier molecular flexibility index (Phi) is 7.26. The summed E-state index contributed by atoms with van der Waals surface area (Å²) in [7, 11) is 0. The molecule has 38 heavy (non-hydrogen) atoms. The van der Waals surface area contributed by atoms with Gasteiger partial charge in [-0.25, -0.2) is 0 Å². The van der Waals surface area contributed by atoms with Crippen LogP contribution < -0.4 is 0 Å². The molecule has 4 aromatic carbocycles. The van der Waals surface area contributed by atoms with E-state index in [1.165, 1.54) is 52.9 Å². The van der Waals surface area contributed by atoms with E-state index in [2.05, 4.69) is 146 Å². The molecule has 0 fully saturated rings. The smallest absolute Gasteiger partial charge is 0.0449 e. The lowest BCUT2D eigenvalue weighted by Gasteiger charge is -2.00. The van der Waals surface area contributed by atoms with Crippen molar-refractivity contribution in [3.05, 3.63) is 156 Å². The lowest BCUT2D eigenvalue weighted by molar-refractivity contribution is 1.64. The molecule has 2 aromatic heterocycles. The van der Waals surface area contributed by atoms with Gasteiger partial charge in [-0.15, -0.1) is 22.7 Å². The van der Waals surface area contributed by atoms with Crippen molar-refractivity contribution in [2.24, 2.45) is 0 Å². The molecule has 0 amide bonds. The summed E-state index contributed by atoms with van der Waals surface area (Å²) < 4.78 is 0. The number of benzene rings is 4. The standard InChI is InChI=1S/C36H26S2/c1-3-7-27(8-4-1)11-13-29-15-19-31(20-16-29)33-23-25-35(37-33)36-26-24-34(38-36)32-21-17-30(18-22-32)14-12-28-9-5-2-6-10-28/h1-26H/b13-11+,14-12+. The van der Waals surface area contributed by atoms with E-state index in [1.54, 1.807) is 0 Å². The molecule has 0 saturated heterocycles. The second-order valence-electron chi connectivity index (χ2n) is 9.06. The van der Waals surface area contributed by atoms with Crippen LogP contribution in [0.1, 0.15) is 22.3 Å². The summed E-state index contributed by atoms with van der Waals surface area (Å²) in [5.74, 6) is 0. The third kappa shape index (κ3) is 5.84. The van der Waals surface area contributed by atoms with Gasteiger partial charge in [-0.2, -0.15) is 0 Å². The van der Waals surface area contributed by atoms with Gasteiger partial charge < -0.3 is 0 Å². The highest BCUT2D eigenvalue weighted by Gasteiger charge is 2.09. The molecule has 0 N–H and O–H groups in total. The van der Waals surface area contributed by atoms with Gasteiger partial charge in [0, 0.05) is 19.5 Å². The van der Waals surface area contributed by atoms with Gasteiger partial charge in [0.05, 0.1) is 0 Å². The Morgan fingerprint density at radius 3 is 0.974 bits per heavy atom. The summed E-state index contributed by atoms with van der Waals surface area (Å²) in [5, 5.41) is 0. The molecule has 0 aliphatic heterocycles. The van der Waals surface area contributed by atoms with Crippen LogP contribution in [-0.2, 0) is 0 Å². The monoisotopic (exact) mass is 522 g/mol. The predicted octanol–water partition coefficient (Wildman–Crippen LogP) is 11.2. The second kappa shape index (κ2) is 11.4. The van der Waals surface area contributed by atoms with E-state index in [0.717, 1.165) is 0 Å². The number of hydrogen-bond acceptors (Lipinski definition) is 2. The van der Waals surface area contributed by atoms with Gasteiger partial charge in [-0.1, -0.05) is 133 Å². The van der Waals surface area contributed by atoms with Crippen LogP contribution in [0.15, 0.2) is 133 Å². The molecule has 182 valence electrons. The zero-order chi connectivity index (χ0) is 25.6. The minimum Gasteiger partial charge on any atom is -0.134 e. The average Bonchev–Trinajstić information content (AvgIpc) is 3.67. The molecule has 2 heterocycles. The topological polar surface area (TPSA) is 0 Å². The van der Waals surface area contributed by atoms with E-state index in [-0.39, 0.29) is 0 Å². The van der Waals surface area contributed by atoms with Crippen molar-refractivity contribution in [3.8, 4) is 30.6 Å². The number of rotatable bonds is 7. The van der Waals surface area contributed by atoms with Crippen LogP contribution in [0.4, 0.5) is 0 Å². The maximum absolute atomic E-state index is 2.25. The van der Waals surface area contributed by atoms with E-state index >= 15 is 0 Å². The molecular formula is C36H26S2. The minimum absolute atomic E-state index is 1.21. The fourth-order valence-corrected chi connectivity index (χ4v) is 6.39. The molecule has 6 rings (SSSR count). The lowest BCUT2D eigenvalue weighted by Crippen LogP contribution is -1.75. The van der Waals surface area contributed by atoms with Gasteiger partial charge in [-0.3, -0.25) is 0 Å². The quantitative estimate of drug-likeness (QED) is 0.183. The van der Waals surface area contributed by atoms with Crippen molar-refractivity contribution in [2.75, 3.05) is 0 Å². The van der Waals surface area contributed by atoms with E-state index in [0.29, 0.717) is 0 Å². The minimum atomic E-state index is 1.21. The summed E-state index contributed by atoms with van der Waals surface area (Å²) in [6, 6.07) is 47.4. The zero-order valence-electron chi connectivity index (χ0n) is 20.8. The van der Waals surface area contributed by atoms with E-state index < -0.39 is 0 Å². The van der Waals surface area contributed by atoms with Crippen LogP contribution in [0.3, 0.4) is 0 Å². The van der Waals surface area contributed by atoms with Crippen molar-refractivity contribution in [3.63, 3.8) is 0 Å². The summed E-state index contributed by atoms with van der Waals surface area (Å²) in [5.41, 5.74) is 7.36. The van der Waals surface area contributed by atoms with Gasteiger partial charge in [0.15, 0.2) is 0 Å². The predicted molar refractivity (Wildman–Crippen MR) is 169 cm³/mol. The Morgan fingerprint density at radius 2 is 0.605 bits per heavy atom. The SMILES string of the molecule is C(=C\c1ccc(-c2ccc(-c3ccc(-c4ccc(/C=C/c5ccccc5)cc4)s3)s2)cc1)/c1ccccc1. The molecule has 0 aliphatic rings. The van der Waals surface area contributed by atoms with Crippen molar-refractivity contribution >= 4 is 47.0 Å². The molecular weight excluding hydrogens is 497 g/mol. The summed E-state index contributed by atoms with van der Waals surface area (Å²) in [6.45, 7) is 0. The highest BCUT2D eigenvalue weighted by atomic mass is 32.1. The molecule has 0 spiro atoms. The Bertz CT molecular complexity index is 1540. The first-order valence-corrected chi connectivity index (χ1v) is 14.3. The molecule has 0 bridgehead atoms. The first-order valence-electron chi connectivity index (χ1n) is 12.7. The van der Waals surface area contributed by atoms with Crippen molar-refractivity contribution in [2.45, 2.75) is 0 Å². The maximum atomic E-state index is 2.25. The number of thiophene rings is 2. The van der Waals surface area contributed by atoms with E-state index in [1.807, 2.05) is 34.8 Å². The molecule has 6 aromatic rings. The zero-order valence-corrected chi connectivity index (χ0v) is 22.5. The van der Waals surface area contributed by atoms with Crippen LogP contribution in [0.2, 0.25) is 0 Å². The third-order valence-corrected chi connectivity index (χ3v) is 8.85. The Labute approximate surface area is 232 Å². The highest BCUT2D eigenvalue weighted by molar-refractivity contribution is 7.25. The Balaban J connectivity index is 1.13. The van der Waals surface area contributed by atoms with E-state index in [9.17, 15) is 0 Å². The molecule has 0 saturated carbocycles. The fourth-order valence-electron chi connectivity index (χ4n) is 4.28. The molecule has 0 aliphatic carbocycles. The van der Waals surface area contributed by atoms with Crippen LogP contribution in [-0.4, -0.2) is 0 Å². The number of hydrogen-bond donors (Lipinski definition) is 0. The van der Waals surface area contributed by atoms with Gasteiger partial charge in [0.1, 0.15) is 0 Å². The molecule has 0 atom stereocenters. The summed E-state index contributed by atoms with van der Waals surface area (Å²) in [6.07, 6.45) is 8.64. The molecule has 2 heteroatoms. The van der Waals surface area contributed by atoms with Crippen molar-refractivity contribution in [1.29, 1.82) is 0 Å². The summed E-state index contributed by atoms with van der Waals surface area (Å²) in [4.78, 5) is 5.21. The first-order chi connectivity index (χ1) is 18.8. The highest BCUT2D eigenvalue weighted by Crippen LogP contribution is 2.40. The molecule has 0 unspecified atom stereocenters. The van der Waals surface area contributed by atoms with Crippen LogP contribution >= 0.6 is 22.7 Å². The average molecular weight is 523 g/mol. The van der Waals surface area contributed by atoms with Gasteiger partial charge in [0.25, 0.3) is 0 Å². The maximum Gasteiger partial charge on any atom is 0.0449 e. The lowest BCUT2D eigenvalue weighted by atomic mass is 10.1. The van der Waals surface area contributed by atoms with Crippen molar-refractivity contribution in [1.82, 2.24) is 0 Å². The van der Waals surface area contributed by atoms with Gasteiger partial charge in [-0.05, 0) is 57.6 Å². The Morgan fingerprint density at radius 1 is 0.289 bits per heavy atom. The fraction of sp³-hybridized carbons (Fsp3) is 0. The van der Waals surface area contributed by atoms with Gasteiger partial charge >= 0.3 is 0 Å². The normalized spacial score (nSPS) is 11.5. The van der Waals surface area contributed by atoms with Crippen LogP contribution in [0, 0.1) is 0 Å². The Hall–Kier alpha value is -4.24. The van der Waals surface area contributed by atoms with Crippen LogP contribution in [0.25, 0.3) is 54.9 Å². The second-order valence-corrected chi connectivity index (χ2v) is 11.2. The van der Waals surface area contributed by atoms with Gasteiger partial charge in [0.2, 0.25) is 0 Å². The first kappa shape index (κ1) is 24.1. The molecule has 0 nitrogen and oxygen atoms in total. The molecule has 0 radical (unpaired) electrons. The largest absolute Gasteiger partial charge is 0.134 e. The third-order valence-electron chi connectivity index (χ3n) is 6.38. The summed E-state index contributed by atoms with van der Waals surface area (Å²) >= 11 is 3.71. The van der Waals surface area contributed by atoms with E-state index in [4.69, 9.17) is 0 Å².